The van der Waals surface area contributed by atoms with Crippen LogP contribution >= 0.6 is 0 Å². The number of rotatable bonds is 2. The molecule has 4 nitrogen and oxygen atoms in total. The highest BCUT2D eigenvalue weighted by molar-refractivity contribution is 5.97. The van der Waals surface area contributed by atoms with Gasteiger partial charge >= 0.3 is 0 Å². The second-order valence-electron chi connectivity index (χ2n) is 5.81. The summed E-state index contributed by atoms with van der Waals surface area (Å²) in [6.07, 6.45) is 0.969. The Labute approximate surface area is 120 Å². The van der Waals surface area contributed by atoms with Gasteiger partial charge in [-0.1, -0.05) is 19.9 Å². The first-order chi connectivity index (χ1) is 9.66. The molecule has 0 spiro atoms. The first-order valence-electron chi connectivity index (χ1n) is 7.44. The molecule has 1 fully saturated rings. The second-order valence-corrected chi connectivity index (χ2v) is 5.81. The zero-order valence-corrected chi connectivity index (χ0v) is 12.3. The number of carbonyl (C=O) groups excluding carboxylic acids is 1. The van der Waals surface area contributed by atoms with Crippen LogP contribution in [0.15, 0.2) is 18.2 Å². The van der Waals surface area contributed by atoms with E-state index in [9.17, 15) is 4.79 Å². The molecule has 1 saturated heterocycles. The third-order valence-electron chi connectivity index (χ3n) is 4.10. The topological polar surface area (TPSA) is 32.8 Å². The number of benzene rings is 1. The van der Waals surface area contributed by atoms with Crippen molar-refractivity contribution >= 4 is 17.3 Å². The third kappa shape index (κ3) is 2.40. The largest absolute Gasteiger partial charge is 0.378 e. The summed E-state index contributed by atoms with van der Waals surface area (Å²) < 4.78 is 5.40. The fraction of sp³-hybridized carbons (Fsp3) is 0.562. The Hall–Kier alpha value is -1.55. The number of anilines is 2. The molecule has 0 radical (unpaired) electrons. The number of fused-ring (bicyclic) bond motifs is 1. The van der Waals surface area contributed by atoms with Crippen molar-refractivity contribution in [3.05, 3.63) is 23.8 Å². The Morgan fingerprint density at radius 2 is 1.95 bits per heavy atom. The molecule has 1 aromatic rings. The summed E-state index contributed by atoms with van der Waals surface area (Å²) in [5, 5.41) is 0. The van der Waals surface area contributed by atoms with E-state index in [1.807, 2.05) is 18.7 Å². The molecule has 0 saturated carbocycles. The number of ether oxygens (including phenoxy) is 1. The molecule has 1 aromatic carbocycles. The fourth-order valence-electron chi connectivity index (χ4n) is 2.93. The van der Waals surface area contributed by atoms with E-state index in [4.69, 9.17) is 4.74 Å². The Balaban J connectivity index is 1.87. The Bertz CT molecular complexity index is 507. The monoisotopic (exact) mass is 274 g/mol. The highest BCUT2D eigenvalue weighted by Gasteiger charge is 2.27. The highest BCUT2D eigenvalue weighted by atomic mass is 16.5. The number of hydrogen-bond acceptors (Lipinski definition) is 3. The van der Waals surface area contributed by atoms with Crippen LogP contribution in [0.25, 0.3) is 0 Å². The molecule has 2 heterocycles. The number of amides is 1. The third-order valence-corrected chi connectivity index (χ3v) is 4.10. The van der Waals surface area contributed by atoms with E-state index in [0.29, 0.717) is 0 Å². The fourth-order valence-corrected chi connectivity index (χ4v) is 2.93. The minimum Gasteiger partial charge on any atom is -0.378 e. The quantitative estimate of drug-likeness (QED) is 0.827. The van der Waals surface area contributed by atoms with E-state index in [2.05, 4.69) is 23.1 Å². The normalized spacial score (nSPS) is 18.6. The van der Waals surface area contributed by atoms with Crippen LogP contribution in [0.1, 0.15) is 19.4 Å². The molecular formula is C16H22N2O2. The molecule has 0 atom stereocenters. The van der Waals surface area contributed by atoms with E-state index < -0.39 is 0 Å². The predicted molar refractivity (Wildman–Crippen MR) is 80.4 cm³/mol. The van der Waals surface area contributed by atoms with Crippen molar-refractivity contribution in [2.45, 2.75) is 20.3 Å². The summed E-state index contributed by atoms with van der Waals surface area (Å²) in [6.45, 7) is 8.17. The second kappa shape index (κ2) is 5.44. The van der Waals surface area contributed by atoms with Crippen molar-refractivity contribution in [2.24, 2.45) is 5.92 Å². The molecule has 0 unspecified atom stereocenters. The van der Waals surface area contributed by atoms with Gasteiger partial charge in [0.1, 0.15) is 0 Å². The highest BCUT2D eigenvalue weighted by Crippen LogP contribution is 2.33. The van der Waals surface area contributed by atoms with Crippen LogP contribution in [0.5, 0.6) is 0 Å². The molecule has 108 valence electrons. The van der Waals surface area contributed by atoms with E-state index >= 15 is 0 Å². The van der Waals surface area contributed by atoms with E-state index in [0.717, 1.165) is 45.0 Å². The lowest BCUT2D eigenvalue weighted by molar-refractivity contribution is -0.121. The minimum atomic E-state index is 0.0491. The Kier molecular flexibility index (Phi) is 3.66. The van der Waals surface area contributed by atoms with Gasteiger partial charge in [-0.15, -0.1) is 0 Å². The summed E-state index contributed by atoms with van der Waals surface area (Å²) in [6, 6.07) is 6.52. The van der Waals surface area contributed by atoms with Crippen LogP contribution in [-0.4, -0.2) is 38.8 Å². The van der Waals surface area contributed by atoms with Crippen molar-refractivity contribution in [3.8, 4) is 0 Å². The molecule has 4 heteroatoms. The maximum atomic E-state index is 12.3. The molecule has 2 aliphatic rings. The zero-order chi connectivity index (χ0) is 14.1. The first kappa shape index (κ1) is 13.4. The standard InChI is InChI=1S/C16H22N2O2/c1-12(2)16(19)18-6-5-13-3-4-14(11-15(13)18)17-7-9-20-10-8-17/h3-4,11-12H,5-10H2,1-2H3. The predicted octanol–water partition coefficient (Wildman–Crippen LogP) is 2.07. The molecule has 3 rings (SSSR count). The van der Waals surface area contributed by atoms with Crippen molar-refractivity contribution in [1.29, 1.82) is 0 Å². The van der Waals surface area contributed by atoms with Gasteiger partial charge in [-0.05, 0) is 24.1 Å². The van der Waals surface area contributed by atoms with Crippen molar-refractivity contribution in [3.63, 3.8) is 0 Å². The SMILES string of the molecule is CC(C)C(=O)N1CCc2ccc(N3CCOCC3)cc21. The van der Waals surface area contributed by atoms with Crippen LogP contribution in [0.2, 0.25) is 0 Å². The Morgan fingerprint density at radius 3 is 2.65 bits per heavy atom. The average molecular weight is 274 g/mol. The first-order valence-corrected chi connectivity index (χ1v) is 7.44. The molecule has 20 heavy (non-hydrogen) atoms. The lowest BCUT2D eigenvalue weighted by Crippen LogP contribution is -2.36. The van der Waals surface area contributed by atoms with Gasteiger partial charge in [0.25, 0.3) is 0 Å². The number of carbonyl (C=O) groups is 1. The summed E-state index contributed by atoms with van der Waals surface area (Å²) in [5.74, 6) is 0.274. The smallest absolute Gasteiger partial charge is 0.229 e. The van der Waals surface area contributed by atoms with Crippen LogP contribution in [-0.2, 0) is 16.0 Å². The maximum Gasteiger partial charge on any atom is 0.229 e. The van der Waals surface area contributed by atoms with Gasteiger partial charge in [-0.3, -0.25) is 4.79 Å². The van der Waals surface area contributed by atoms with E-state index in [1.165, 1.54) is 11.3 Å². The molecule has 1 amide bonds. The zero-order valence-electron chi connectivity index (χ0n) is 12.3. The van der Waals surface area contributed by atoms with Gasteiger partial charge in [-0.2, -0.15) is 0 Å². The molecule has 2 aliphatic heterocycles. The average Bonchev–Trinajstić information content (AvgIpc) is 2.90. The molecule has 0 aliphatic carbocycles. The van der Waals surface area contributed by atoms with Crippen molar-refractivity contribution in [1.82, 2.24) is 0 Å². The number of hydrogen-bond donors (Lipinski definition) is 0. The van der Waals surface area contributed by atoms with Crippen molar-refractivity contribution in [2.75, 3.05) is 42.6 Å². The number of nitrogens with zero attached hydrogens (tertiary/aromatic N) is 2. The van der Waals surface area contributed by atoms with Gasteiger partial charge in [0.15, 0.2) is 0 Å². The molecule has 0 bridgehead atoms. The van der Waals surface area contributed by atoms with E-state index in [1.54, 1.807) is 0 Å². The maximum absolute atomic E-state index is 12.3. The van der Waals surface area contributed by atoms with Crippen molar-refractivity contribution < 1.29 is 9.53 Å². The summed E-state index contributed by atoms with van der Waals surface area (Å²) >= 11 is 0. The minimum absolute atomic E-state index is 0.0491. The lowest BCUT2D eigenvalue weighted by atomic mass is 10.1. The lowest BCUT2D eigenvalue weighted by Gasteiger charge is -2.30. The van der Waals surface area contributed by atoms with Crippen LogP contribution in [0, 0.1) is 5.92 Å². The van der Waals surface area contributed by atoms with Gasteiger partial charge in [0.05, 0.1) is 13.2 Å². The van der Waals surface area contributed by atoms with E-state index in [-0.39, 0.29) is 11.8 Å². The Morgan fingerprint density at radius 1 is 1.20 bits per heavy atom. The van der Waals surface area contributed by atoms with Gasteiger partial charge in [0, 0.05) is 36.9 Å². The molecular weight excluding hydrogens is 252 g/mol. The van der Waals surface area contributed by atoms with Crippen LogP contribution in [0.4, 0.5) is 11.4 Å². The summed E-state index contributed by atoms with van der Waals surface area (Å²) in [5.41, 5.74) is 3.60. The van der Waals surface area contributed by atoms with Gasteiger partial charge < -0.3 is 14.5 Å². The summed E-state index contributed by atoms with van der Waals surface area (Å²) in [7, 11) is 0. The molecule has 0 aromatic heterocycles. The van der Waals surface area contributed by atoms with Crippen LogP contribution in [0.3, 0.4) is 0 Å². The molecule has 0 N–H and O–H groups in total. The number of morpholine rings is 1. The van der Waals surface area contributed by atoms with Crippen LogP contribution < -0.4 is 9.80 Å². The van der Waals surface area contributed by atoms with Gasteiger partial charge in [-0.25, -0.2) is 0 Å². The summed E-state index contributed by atoms with van der Waals surface area (Å²) in [4.78, 5) is 16.6. The van der Waals surface area contributed by atoms with Gasteiger partial charge in [0.2, 0.25) is 5.91 Å².